The molecule has 0 aliphatic rings. The van der Waals surface area contributed by atoms with Crippen LogP contribution in [0.2, 0.25) is 0 Å². The van der Waals surface area contributed by atoms with E-state index in [1.807, 2.05) is 0 Å². The molecule has 1 unspecified atom stereocenters. The second kappa shape index (κ2) is 10.7. The Morgan fingerprint density at radius 2 is 0.950 bits per heavy atom. The molecule has 0 heterocycles. The molecule has 0 rings (SSSR count). The molecule has 116 valence electrons. The normalized spacial score (nSPS) is 12.5. The molecule has 0 radical (unpaired) electrons. The highest BCUT2D eigenvalue weighted by atomic mass is 16.4. The van der Waals surface area contributed by atoms with E-state index in [0.29, 0.717) is 0 Å². The number of rotatable bonds is 8. The van der Waals surface area contributed by atoms with Crippen molar-refractivity contribution in [2.24, 2.45) is 11.5 Å². The highest BCUT2D eigenvalue weighted by molar-refractivity contribution is 5.75. The van der Waals surface area contributed by atoms with E-state index in [9.17, 15) is 19.2 Å². The number of carboxylic acids is 4. The van der Waals surface area contributed by atoms with Gasteiger partial charge in [-0.2, -0.15) is 0 Å². The third kappa shape index (κ3) is 13.9. The molecule has 0 aromatic carbocycles. The fourth-order valence-corrected chi connectivity index (χ4v) is 0.805. The third-order valence-electron chi connectivity index (χ3n) is 1.97. The van der Waals surface area contributed by atoms with E-state index in [1.54, 1.807) is 0 Å². The van der Waals surface area contributed by atoms with Crippen molar-refractivity contribution in [2.45, 2.75) is 37.8 Å². The van der Waals surface area contributed by atoms with Crippen LogP contribution in [0.15, 0.2) is 0 Å². The van der Waals surface area contributed by atoms with Gasteiger partial charge in [-0.15, -0.1) is 0 Å². The molecule has 0 aliphatic heterocycles. The molecule has 0 saturated carbocycles. The predicted molar refractivity (Wildman–Crippen MR) is 65.0 cm³/mol. The molecule has 8 N–H and O–H groups in total. The van der Waals surface area contributed by atoms with E-state index in [1.165, 1.54) is 0 Å². The first-order valence-corrected chi connectivity index (χ1v) is 5.48. The van der Waals surface area contributed by atoms with Crippen LogP contribution in [0.5, 0.6) is 0 Å². The van der Waals surface area contributed by atoms with E-state index in [4.69, 9.17) is 31.9 Å². The van der Waals surface area contributed by atoms with Crippen molar-refractivity contribution in [1.82, 2.24) is 0 Å². The van der Waals surface area contributed by atoms with Gasteiger partial charge < -0.3 is 31.9 Å². The van der Waals surface area contributed by atoms with Gasteiger partial charge in [0.15, 0.2) is 0 Å². The van der Waals surface area contributed by atoms with Gasteiger partial charge in [-0.3, -0.25) is 19.2 Å². The molecular weight excluding hydrogens is 276 g/mol. The molecular formula is C10H18N2O8. The maximum Gasteiger partial charge on any atom is 0.320 e. The maximum atomic E-state index is 9.99. The largest absolute Gasteiger partial charge is 0.481 e. The van der Waals surface area contributed by atoms with Crippen molar-refractivity contribution < 1.29 is 39.6 Å². The lowest BCUT2D eigenvalue weighted by Crippen LogP contribution is -2.30. The maximum absolute atomic E-state index is 9.99. The second-order valence-electron chi connectivity index (χ2n) is 3.75. The Kier molecular flexibility index (Phi) is 10.8. The molecule has 0 spiro atoms. The molecule has 0 bridgehead atoms. The van der Waals surface area contributed by atoms with Crippen LogP contribution in [0.4, 0.5) is 0 Å². The number of aliphatic carboxylic acids is 4. The fourth-order valence-electron chi connectivity index (χ4n) is 0.805. The van der Waals surface area contributed by atoms with Gasteiger partial charge in [-0.25, -0.2) is 0 Å². The lowest BCUT2D eigenvalue weighted by Gasteiger charge is -2.01. The van der Waals surface area contributed by atoms with Crippen LogP contribution in [0, 0.1) is 0 Å². The fraction of sp³-hybridized carbons (Fsp3) is 0.600. The minimum absolute atomic E-state index is 0.0231. The number of carbonyl (C=O) groups is 4. The van der Waals surface area contributed by atoms with Crippen LogP contribution in [-0.4, -0.2) is 56.4 Å². The summed E-state index contributed by atoms with van der Waals surface area (Å²) in [6.07, 6.45) is -0.448. The summed E-state index contributed by atoms with van der Waals surface area (Å²) in [4.78, 5) is 39.7. The highest BCUT2D eigenvalue weighted by Crippen LogP contribution is 1.94. The van der Waals surface area contributed by atoms with Crippen LogP contribution >= 0.6 is 0 Å². The molecule has 0 fully saturated rings. The molecule has 0 amide bonds. The van der Waals surface area contributed by atoms with E-state index in [-0.39, 0.29) is 25.7 Å². The average Bonchev–Trinajstić information content (AvgIpc) is 2.33. The molecule has 0 aromatic heterocycles. The Labute approximate surface area is 114 Å². The van der Waals surface area contributed by atoms with Crippen molar-refractivity contribution in [1.29, 1.82) is 0 Å². The number of nitrogens with two attached hydrogens (primary N) is 2. The van der Waals surface area contributed by atoms with Crippen LogP contribution in [0.25, 0.3) is 0 Å². The molecule has 0 aliphatic carbocycles. The summed E-state index contributed by atoms with van der Waals surface area (Å²) in [7, 11) is 0. The van der Waals surface area contributed by atoms with E-state index < -0.39 is 36.0 Å². The first-order valence-electron chi connectivity index (χ1n) is 5.48. The third-order valence-corrected chi connectivity index (χ3v) is 1.97. The Balaban J connectivity index is 0. The van der Waals surface area contributed by atoms with Gasteiger partial charge in [-0.1, -0.05) is 0 Å². The topological polar surface area (TPSA) is 201 Å². The molecule has 0 saturated heterocycles. The summed E-state index contributed by atoms with van der Waals surface area (Å²) in [6.45, 7) is 0. The van der Waals surface area contributed by atoms with Gasteiger partial charge in [-0.05, 0) is 12.8 Å². The minimum Gasteiger partial charge on any atom is -0.481 e. The predicted octanol–water partition coefficient (Wildman–Crippen LogP) is -1.47. The Bertz CT molecular complexity index is 323. The van der Waals surface area contributed by atoms with Gasteiger partial charge >= 0.3 is 23.9 Å². The zero-order valence-corrected chi connectivity index (χ0v) is 10.6. The molecule has 2 atom stereocenters. The first-order chi connectivity index (χ1) is 9.07. The quantitative estimate of drug-likeness (QED) is 0.306. The molecule has 10 nitrogen and oxygen atoms in total. The van der Waals surface area contributed by atoms with Crippen molar-refractivity contribution in [2.75, 3.05) is 0 Å². The Morgan fingerprint density at radius 3 is 1.10 bits per heavy atom. The Hall–Kier alpha value is -2.20. The zero-order chi connectivity index (χ0) is 16.3. The lowest BCUT2D eigenvalue weighted by molar-refractivity contribution is -0.141. The SMILES string of the molecule is NC(CCC(=O)O)C(=O)O.N[C@@H](CCC(=O)O)C(=O)O. The summed E-state index contributed by atoms with van der Waals surface area (Å²) in [5, 5.41) is 32.5. The van der Waals surface area contributed by atoms with Crippen LogP contribution < -0.4 is 11.5 Å². The van der Waals surface area contributed by atoms with Crippen molar-refractivity contribution >= 4 is 23.9 Å². The summed E-state index contributed by atoms with van der Waals surface area (Å²) in [6, 6.07) is -2.12. The standard InChI is InChI=1S/2C5H9NO4/c2*6-3(5(9)10)1-2-4(7)8/h2*3H,1-2,6H2,(H,7,8)(H,9,10)/t3-;/m0./s1. The molecule has 0 aromatic rings. The zero-order valence-electron chi connectivity index (χ0n) is 10.6. The van der Waals surface area contributed by atoms with Crippen LogP contribution in [0.1, 0.15) is 25.7 Å². The average molecular weight is 294 g/mol. The van der Waals surface area contributed by atoms with Gasteiger partial charge in [0.1, 0.15) is 12.1 Å². The summed E-state index contributed by atoms with van der Waals surface area (Å²) in [5.74, 6) is -4.39. The summed E-state index contributed by atoms with van der Waals surface area (Å²) < 4.78 is 0. The van der Waals surface area contributed by atoms with E-state index in [2.05, 4.69) is 0 Å². The Morgan fingerprint density at radius 1 is 0.700 bits per heavy atom. The summed E-state index contributed by atoms with van der Waals surface area (Å²) in [5.41, 5.74) is 10.0. The first kappa shape index (κ1) is 20.1. The van der Waals surface area contributed by atoms with Crippen molar-refractivity contribution in [3.05, 3.63) is 0 Å². The highest BCUT2D eigenvalue weighted by Gasteiger charge is 2.12. The lowest BCUT2D eigenvalue weighted by atomic mass is 10.2. The van der Waals surface area contributed by atoms with Gasteiger partial charge in [0.25, 0.3) is 0 Å². The number of hydrogen-bond acceptors (Lipinski definition) is 6. The minimum atomic E-state index is -1.17. The molecule has 20 heavy (non-hydrogen) atoms. The number of carboxylic acid groups (broad SMARTS) is 4. The van der Waals surface area contributed by atoms with Crippen LogP contribution in [0.3, 0.4) is 0 Å². The van der Waals surface area contributed by atoms with Gasteiger partial charge in [0, 0.05) is 12.8 Å². The van der Waals surface area contributed by atoms with Crippen molar-refractivity contribution in [3.8, 4) is 0 Å². The van der Waals surface area contributed by atoms with Gasteiger partial charge in [0.2, 0.25) is 0 Å². The van der Waals surface area contributed by atoms with E-state index in [0.717, 1.165) is 0 Å². The smallest absolute Gasteiger partial charge is 0.320 e. The molecule has 10 heteroatoms. The second-order valence-corrected chi connectivity index (χ2v) is 3.75. The van der Waals surface area contributed by atoms with E-state index >= 15 is 0 Å². The van der Waals surface area contributed by atoms with Crippen molar-refractivity contribution in [3.63, 3.8) is 0 Å². The summed E-state index contributed by atoms with van der Waals surface area (Å²) >= 11 is 0. The van der Waals surface area contributed by atoms with Gasteiger partial charge in [0.05, 0.1) is 0 Å². The number of hydrogen-bond donors (Lipinski definition) is 6. The van der Waals surface area contributed by atoms with Crippen LogP contribution in [-0.2, 0) is 19.2 Å². The monoisotopic (exact) mass is 294 g/mol.